The lowest BCUT2D eigenvalue weighted by molar-refractivity contribution is -0.142. The largest absolute Gasteiger partial charge is 0.464 e. The van der Waals surface area contributed by atoms with Gasteiger partial charge >= 0.3 is 11.9 Å². The van der Waals surface area contributed by atoms with E-state index in [1.54, 1.807) is 55.6 Å². The van der Waals surface area contributed by atoms with Crippen LogP contribution in [0.3, 0.4) is 0 Å². The number of esters is 2. The number of alkyl halides is 1. The van der Waals surface area contributed by atoms with E-state index in [1.807, 2.05) is 6.07 Å². The minimum atomic E-state index is -0.899. The van der Waals surface area contributed by atoms with Crippen LogP contribution in [0.1, 0.15) is 28.4 Å². The minimum absolute atomic E-state index is 0.334. The average Bonchev–Trinajstić information content (AvgIpc) is 2.97. The highest BCUT2D eigenvalue weighted by Gasteiger charge is 2.49. The maximum atomic E-state index is 12.1. The molecule has 0 radical (unpaired) electrons. The van der Waals surface area contributed by atoms with Crippen LogP contribution in [0.25, 0.3) is 0 Å². The summed E-state index contributed by atoms with van der Waals surface area (Å²) >= 11 is 3.48. The number of rotatable bonds is 5. The maximum Gasteiger partial charge on any atom is 0.343 e. The second kappa shape index (κ2) is 7.37. The zero-order chi connectivity index (χ0) is 17.9. The van der Waals surface area contributed by atoms with Crippen molar-refractivity contribution in [3.8, 4) is 5.75 Å². The molecule has 2 aromatic carbocycles. The molecule has 0 aliphatic carbocycles. The van der Waals surface area contributed by atoms with Gasteiger partial charge in [-0.15, -0.1) is 0 Å². The fourth-order valence-electron chi connectivity index (χ4n) is 2.79. The molecule has 1 heterocycles. The van der Waals surface area contributed by atoms with Crippen molar-refractivity contribution >= 4 is 27.9 Å². The first-order chi connectivity index (χ1) is 12.0. The van der Waals surface area contributed by atoms with E-state index in [0.29, 0.717) is 24.3 Å². The lowest BCUT2D eigenvalue weighted by Crippen LogP contribution is -2.35. The van der Waals surface area contributed by atoms with Crippen molar-refractivity contribution in [2.45, 2.75) is 16.8 Å². The first-order valence-corrected chi connectivity index (χ1v) is 8.60. The van der Waals surface area contributed by atoms with Crippen molar-refractivity contribution in [1.29, 1.82) is 0 Å². The Balaban J connectivity index is 1.75. The number of carbonyl (C=O) groups is 2. The molecule has 2 aromatic rings. The molecule has 1 aliphatic heterocycles. The molecule has 0 N–H and O–H groups in total. The first kappa shape index (κ1) is 17.6. The summed E-state index contributed by atoms with van der Waals surface area (Å²) in [6, 6.07) is 15.7. The molecular formula is C19H17BrO5. The van der Waals surface area contributed by atoms with Gasteiger partial charge in [-0.05, 0) is 29.8 Å². The summed E-state index contributed by atoms with van der Waals surface area (Å²) in [5, 5.41) is 0. The van der Waals surface area contributed by atoms with E-state index in [1.165, 1.54) is 0 Å². The van der Waals surface area contributed by atoms with Crippen molar-refractivity contribution in [2.75, 3.05) is 13.7 Å². The number of hydrogen-bond acceptors (Lipinski definition) is 5. The second-order valence-corrected chi connectivity index (χ2v) is 7.10. The summed E-state index contributed by atoms with van der Waals surface area (Å²) < 4.78 is 15.1. The highest BCUT2D eigenvalue weighted by molar-refractivity contribution is 9.10. The quantitative estimate of drug-likeness (QED) is 0.432. The Morgan fingerprint density at radius 3 is 2.40 bits per heavy atom. The number of cyclic esters (lactones) is 1. The van der Waals surface area contributed by atoms with Crippen LogP contribution in [0.5, 0.6) is 5.75 Å². The van der Waals surface area contributed by atoms with E-state index in [4.69, 9.17) is 14.2 Å². The number of ether oxygens (including phenoxy) is 3. The smallest absolute Gasteiger partial charge is 0.343 e. The topological polar surface area (TPSA) is 61.8 Å². The molecule has 0 bridgehead atoms. The molecule has 3 rings (SSSR count). The molecule has 0 saturated carbocycles. The van der Waals surface area contributed by atoms with E-state index in [2.05, 4.69) is 15.9 Å². The van der Waals surface area contributed by atoms with Crippen molar-refractivity contribution < 1.29 is 23.8 Å². The molecule has 0 spiro atoms. The Labute approximate surface area is 154 Å². The van der Waals surface area contributed by atoms with Crippen LogP contribution in [0, 0.1) is 0 Å². The van der Waals surface area contributed by atoms with Crippen LogP contribution >= 0.6 is 15.9 Å². The van der Waals surface area contributed by atoms with Crippen LogP contribution in [-0.4, -0.2) is 30.0 Å². The molecule has 1 saturated heterocycles. The number of benzene rings is 2. The third kappa shape index (κ3) is 3.60. The summed E-state index contributed by atoms with van der Waals surface area (Å²) in [6.07, 6.45) is 0.0242. The maximum absolute atomic E-state index is 12.1. The third-order valence-electron chi connectivity index (χ3n) is 4.09. The number of hydrogen-bond donors (Lipinski definition) is 0. The van der Waals surface area contributed by atoms with Gasteiger partial charge in [0.25, 0.3) is 0 Å². The van der Waals surface area contributed by atoms with Crippen molar-refractivity contribution in [3.05, 3.63) is 65.7 Å². The SMILES string of the molecule is COC(c1ccc(OC(=O)c2ccccc2)cc1)C1(Br)CCOC1=O. The van der Waals surface area contributed by atoms with Gasteiger partial charge in [0.2, 0.25) is 0 Å². The third-order valence-corrected chi connectivity index (χ3v) is 5.23. The van der Waals surface area contributed by atoms with Gasteiger partial charge in [0.15, 0.2) is 4.32 Å². The Morgan fingerprint density at radius 2 is 1.84 bits per heavy atom. The van der Waals surface area contributed by atoms with Crippen LogP contribution < -0.4 is 4.74 Å². The van der Waals surface area contributed by atoms with Crippen molar-refractivity contribution in [1.82, 2.24) is 0 Å². The van der Waals surface area contributed by atoms with Crippen LogP contribution in [0.2, 0.25) is 0 Å². The Bertz CT molecular complexity index is 759. The Hall–Kier alpha value is -2.18. The van der Waals surface area contributed by atoms with Gasteiger partial charge in [-0.3, -0.25) is 4.79 Å². The molecule has 0 aromatic heterocycles. The van der Waals surface area contributed by atoms with Crippen molar-refractivity contribution in [2.24, 2.45) is 0 Å². The van der Waals surface area contributed by atoms with Gasteiger partial charge in [-0.1, -0.05) is 46.3 Å². The predicted molar refractivity (Wildman–Crippen MR) is 94.8 cm³/mol. The Morgan fingerprint density at radius 1 is 1.16 bits per heavy atom. The van der Waals surface area contributed by atoms with Gasteiger partial charge in [0, 0.05) is 13.5 Å². The van der Waals surface area contributed by atoms with E-state index in [0.717, 1.165) is 5.56 Å². The number of carbonyl (C=O) groups excluding carboxylic acids is 2. The predicted octanol–water partition coefficient (Wildman–Crippen LogP) is 3.67. The minimum Gasteiger partial charge on any atom is -0.464 e. The summed E-state index contributed by atoms with van der Waals surface area (Å²) in [5.41, 5.74) is 1.27. The zero-order valence-corrected chi connectivity index (χ0v) is 15.2. The van der Waals surface area contributed by atoms with Crippen LogP contribution in [0.15, 0.2) is 54.6 Å². The monoisotopic (exact) mass is 404 g/mol. The highest BCUT2D eigenvalue weighted by Crippen LogP contribution is 2.43. The van der Waals surface area contributed by atoms with Crippen LogP contribution in [0.4, 0.5) is 0 Å². The average molecular weight is 405 g/mol. The fourth-order valence-corrected chi connectivity index (χ4v) is 3.52. The van der Waals surface area contributed by atoms with Gasteiger partial charge < -0.3 is 14.2 Å². The summed E-state index contributed by atoms with van der Waals surface area (Å²) in [7, 11) is 1.54. The molecule has 6 heteroatoms. The molecule has 1 aliphatic rings. The van der Waals surface area contributed by atoms with E-state index in [-0.39, 0.29) is 5.97 Å². The van der Waals surface area contributed by atoms with Gasteiger partial charge in [-0.2, -0.15) is 0 Å². The molecule has 1 fully saturated rings. The molecule has 5 nitrogen and oxygen atoms in total. The summed E-state index contributed by atoms with van der Waals surface area (Å²) in [5.74, 6) is -0.336. The van der Waals surface area contributed by atoms with Crippen molar-refractivity contribution in [3.63, 3.8) is 0 Å². The molecule has 2 unspecified atom stereocenters. The lowest BCUT2D eigenvalue weighted by atomic mass is 9.94. The van der Waals surface area contributed by atoms with E-state index < -0.39 is 16.4 Å². The van der Waals surface area contributed by atoms with Gasteiger partial charge in [0.1, 0.15) is 11.9 Å². The zero-order valence-electron chi connectivity index (χ0n) is 13.6. The summed E-state index contributed by atoms with van der Waals surface area (Å²) in [4.78, 5) is 24.1. The first-order valence-electron chi connectivity index (χ1n) is 7.81. The van der Waals surface area contributed by atoms with E-state index >= 15 is 0 Å². The standard InChI is InChI=1S/C19H17BrO5/c1-23-16(19(20)11-12-24-18(19)22)13-7-9-15(10-8-13)25-17(21)14-5-3-2-4-6-14/h2-10,16H,11-12H2,1H3. The molecule has 130 valence electrons. The normalized spacial score (nSPS) is 20.8. The molecule has 25 heavy (non-hydrogen) atoms. The number of methoxy groups -OCH3 is 1. The lowest BCUT2D eigenvalue weighted by Gasteiger charge is -2.27. The molecule has 0 amide bonds. The molecule has 2 atom stereocenters. The number of halogens is 1. The summed E-state index contributed by atoms with van der Waals surface area (Å²) in [6.45, 7) is 0.358. The van der Waals surface area contributed by atoms with Crippen LogP contribution in [-0.2, 0) is 14.3 Å². The molecular weight excluding hydrogens is 388 g/mol. The van der Waals surface area contributed by atoms with E-state index in [9.17, 15) is 9.59 Å². The fraction of sp³-hybridized carbons (Fsp3) is 0.263. The van der Waals surface area contributed by atoms with Gasteiger partial charge in [0.05, 0.1) is 12.2 Å². The second-order valence-electron chi connectivity index (χ2n) is 5.69. The Kier molecular flexibility index (Phi) is 5.20. The van der Waals surface area contributed by atoms with Gasteiger partial charge in [-0.25, -0.2) is 4.79 Å². The highest BCUT2D eigenvalue weighted by atomic mass is 79.9.